The lowest BCUT2D eigenvalue weighted by atomic mass is 10.0. The minimum absolute atomic E-state index is 0.0196. The molecule has 0 saturated heterocycles. The fourth-order valence-corrected chi connectivity index (χ4v) is 5.99. The maximum absolute atomic E-state index is 13.8. The van der Waals surface area contributed by atoms with Crippen molar-refractivity contribution in [1.29, 1.82) is 0 Å². The van der Waals surface area contributed by atoms with Crippen molar-refractivity contribution in [3.8, 4) is 0 Å². The number of carbonyl (C=O) groups is 2. The zero-order valence-electron chi connectivity index (χ0n) is 20.5. The Morgan fingerprint density at radius 3 is 2.46 bits per heavy atom. The minimum Gasteiger partial charge on any atom is -0.342 e. The molecule has 35 heavy (non-hydrogen) atoms. The standard InChI is InChI=1S/C28H30N2O4S/c1-5-6-15-29(4)27(31)21-13-14-26-24(17-21)30(18-22-16-19(2)11-12-20(22)3)28(32)23-9-7-8-10-25(23)35(26,33)34/h7-14,16-17H,5-6,15,18H2,1-4H3. The molecule has 1 aliphatic rings. The van der Waals surface area contributed by atoms with E-state index in [1.807, 2.05) is 32.0 Å². The molecule has 3 aromatic rings. The van der Waals surface area contributed by atoms with Gasteiger partial charge in [0.15, 0.2) is 0 Å². The first-order chi connectivity index (χ1) is 16.6. The predicted molar refractivity (Wildman–Crippen MR) is 137 cm³/mol. The number of carbonyl (C=O) groups excluding carboxylic acids is 2. The normalized spacial score (nSPS) is 14.2. The summed E-state index contributed by atoms with van der Waals surface area (Å²) < 4.78 is 27.3. The SMILES string of the molecule is CCCCN(C)C(=O)c1ccc2c(c1)N(Cc1cc(C)ccc1C)C(=O)c1ccccc1S2(=O)=O. The third-order valence-electron chi connectivity index (χ3n) is 6.47. The second kappa shape index (κ2) is 9.66. The number of anilines is 1. The third-order valence-corrected chi connectivity index (χ3v) is 8.32. The van der Waals surface area contributed by atoms with Crippen LogP contribution >= 0.6 is 0 Å². The minimum atomic E-state index is -3.98. The van der Waals surface area contributed by atoms with Crippen LogP contribution in [0.1, 0.15) is 57.2 Å². The Hall–Kier alpha value is -3.45. The van der Waals surface area contributed by atoms with Gasteiger partial charge in [0.25, 0.3) is 11.8 Å². The molecular formula is C28H30N2O4S. The molecule has 0 unspecified atom stereocenters. The van der Waals surface area contributed by atoms with Gasteiger partial charge in [-0.2, -0.15) is 0 Å². The third kappa shape index (κ3) is 4.60. The van der Waals surface area contributed by atoms with Gasteiger partial charge in [0.2, 0.25) is 9.84 Å². The van der Waals surface area contributed by atoms with Gasteiger partial charge < -0.3 is 9.80 Å². The highest BCUT2D eigenvalue weighted by Crippen LogP contribution is 2.38. The fourth-order valence-electron chi connectivity index (χ4n) is 4.35. The molecule has 0 spiro atoms. The average Bonchev–Trinajstić information content (AvgIpc) is 2.92. The summed E-state index contributed by atoms with van der Waals surface area (Å²) in [5.74, 6) is -0.618. The van der Waals surface area contributed by atoms with Gasteiger partial charge in [-0.15, -0.1) is 0 Å². The predicted octanol–water partition coefficient (Wildman–Crippen LogP) is 5.17. The first kappa shape index (κ1) is 24.7. The van der Waals surface area contributed by atoms with Gasteiger partial charge in [-0.05, 0) is 61.7 Å². The van der Waals surface area contributed by atoms with Crippen molar-refractivity contribution in [1.82, 2.24) is 4.90 Å². The Labute approximate surface area is 207 Å². The van der Waals surface area contributed by atoms with Crippen molar-refractivity contribution in [2.24, 2.45) is 0 Å². The van der Waals surface area contributed by atoms with Gasteiger partial charge in [0.05, 0.1) is 27.6 Å². The Kier molecular flexibility index (Phi) is 6.81. The summed E-state index contributed by atoms with van der Waals surface area (Å²) in [5.41, 5.74) is 3.66. The first-order valence-electron chi connectivity index (χ1n) is 11.8. The molecule has 0 N–H and O–H groups in total. The van der Waals surface area contributed by atoms with Gasteiger partial charge >= 0.3 is 0 Å². The van der Waals surface area contributed by atoms with E-state index < -0.39 is 15.7 Å². The highest BCUT2D eigenvalue weighted by Gasteiger charge is 2.36. The van der Waals surface area contributed by atoms with E-state index in [-0.39, 0.29) is 33.5 Å². The molecule has 3 aromatic carbocycles. The van der Waals surface area contributed by atoms with E-state index in [2.05, 4.69) is 6.92 Å². The van der Waals surface area contributed by atoms with Crippen LogP contribution in [0.4, 0.5) is 5.69 Å². The van der Waals surface area contributed by atoms with Crippen molar-refractivity contribution in [3.63, 3.8) is 0 Å². The number of fused-ring (bicyclic) bond motifs is 2. The Morgan fingerprint density at radius 1 is 0.971 bits per heavy atom. The molecule has 6 nitrogen and oxygen atoms in total. The molecule has 0 saturated carbocycles. The van der Waals surface area contributed by atoms with Crippen molar-refractivity contribution in [2.45, 2.75) is 49.9 Å². The smallest absolute Gasteiger partial charge is 0.259 e. The molecule has 0 aromatic heterocycles. The van der Waals surface area contributed by atoms with Crippen LogP contribution in [-0.4, -0.2) is 38.7 Å². The van der Waals surface area contributed by atoms with E-state index in [0.29, 0.717) is 12.1 Å². The van der Waals surface area contributed by atoms with Crippen LogP contribution in [0.2, 0.25) is 0 Å². The molecule has 1 aliphatic heterocycles. The van der Waals surface area contributed by atoms with E-state index in [9.17, 15) is 18.0 Å². The van der Waals surface area contributed by atoms with Crippen LogP contribution in [0.3, 0.4) is 0 Å². The zero-order valence-corrected chi connectivity index (χ0v) is 21.4. The van der Waals surface area contributed by atoms with Crippen molar-refractivity contribution in [2.75, 3.05) is 18.5 Å². The van der Waals surface area contributed by atoms with Crippen LogP contribution in [0.5, 0.6) is 0 Å². The first-order valence-corrected chi connectivity index (χ1v) is 13.2. The van der Waals surface area contributed by atoms with E-state index in [1.54, 1.807) is 36.2 Å². The molecule has 7 heteroatoms. The van der Waals surface area contributed by atoms with Gasteiger partial charge in [-0.3, -0.25) is 9.59 Å². The molecule has 1 heterocycles. The number of hydrogen-bond donors (Lipinski definition) is 0. The Morgan fingerprint density at radius 2 is 1.71 bits per heavy atom. The number of nitrogens with zero attached hydrogens (tertiary/aromatic N) is 2. The van der Waals surface area contributed by atoms with Gasteiger partial charge in [-0.25, -0.2) is 8.42 Å². The second-order valence-corrected chi connectivity index (χ2v) is 11.0. The maximum Gasteiger partial charge on any atom is 0.259 e. The molecule has 0 fully saturated rings. The highest BCUT2D eigenvalue weighted by molar-refractivity contribution is 7.91. The quantitative estimate of drug-likeness (QED) is 0.478. The van der Waals surface area contributed by atoms with Crippen LogP contribution in [0.25, 0.3) is 0 Å². The van der Waals surface area contributed by atoms with Crippen molar-refractivity contribution < 1.29 is 18.0 Å². The molecule has 0 radical (unpaired) electrons. The number of rotatable bonds is 6. The molecule has 2 amide bonds. The largest absolute Gasteiger partial charge is 0.342 e. The molecular weight excluding hydrogens is 460 g/mol. The fraction of sp³-hybridized carbons (Fsp3) is 0.286. The van der Waals surface area contributed by atoms with E-state index in [0.717, 1.165) is 29.5 Å². The Bertz CT molecular complexity index is 1410. The summed E-state index contributed by atoms with van der Waals surface area (Å²) >= 11 is 0. The number of unbranched alkanes of at least 4 members (excludes halogenated alkanes) is 1. The summed E-state index contributed by atoms with van der Waals surface area (Å²) in [7, 11) is -2.25. The van der Waals surface area contributed by atoms with Crippen LogP contribution in [-0.2, 0) is 16.4 Å². The van der Waals surface area contributed by atoms with E-state index in [1.165, 1.54) is 23.1 Å². The molecule has 4 rings (SSSR count). The monoisotopic (exact) mass is 490 g/mol. The van der Waals surface area contributed by atoms with Crippen LogP contribution in [0.15, 0.2) is 70.5 Å². The second-order valence-electron chi connectivity index (χ2n) is 9.08. The van der Waals surface area contributed by atoms with E-state index in [4.69, 9.17) is 0 Å². The average molecular weight is 491 g/mol. The summed E-state index contributed by atoms with van der Waals surface area (Å²) in [5, 5.41) is 0. The molecule has 0 bridgehead atoms. The van der Waals surface area contributed by atoms with E-state index >= 15 is 0 Å². The lowest BCUT2D eigenvalue weighted by molar-refractivity contribution is 0.0792. The summed E-state index contributed by atoms with van der Waals surface area (Å²) in [4.78, 5) is 30.0. The lowest BCUT2D eigenvalue weighted by Crippen LogP contribution is -2.31. The summed E-state index contributed by atoms with van der Waals surface area (Å²) in [6.45, 7) is 6.78. The zero-order chi connectivity index (χ0) is 25.3. The lowest BCUT2D eigenvalue weighted by Gasteiger charge is -2.25. The number of aryl methyl sites for hydroxylation is 2. The molecule has 182 valence electrons. The Balaban J connectivity index is 1.91. The van der Waals surface area contributed by atoms with Gasteiger partial charge in [0.1, 0.15) is 0 Å². The highest BCUT2D eigenvalue weighted by atomic mass is 32.2. The van der Waals surface area contributed by atoms with Crippen molar-refractivity contribution in [3.05, 3.63) is 88.5 Å². The van der Waals surface area contributed by atoms with Crippen LogP contribution in [0, 0.1) is 13.8 Å². The summed E-state index contributed by atoms with van der Waals surface area (Å²) in [6.07, 6.45) is 1.82. The topological polar surface area (TPSA) is 74.8 Å². The molecule has 0 atom stereocenters. The van der Waals surface area contributed by atoms with Crippen molar-refractivity contribution >= 4 is 27.3 Å². The number of amides is 2. The maximum atomic E-state index is 13.8. The van der Waals surface area contributed by atoms with Gasteiger partial charge in [-0.1, -0.05) is 49.2 Å². The van der Waals surface area contributed by atoms with Gasteiger partial charge in [0, 0.05) is 19.2 Å². The summed E-state index contributed by atoms with van der Waals surface area (Å²) in [6, 6.07) is 16.8. The van der Waals surface area contributed by atoms with Crippen LogP contribution < -0.4 is 4.90 Å². The number of hydrogen-bond acceptors (Lipinski definition) is 4. The number of benzene rings is 3. The number of sulfone groups is 1. The molecule has 0 aliphatic carbocycles.